The van der Waals surface area contributed by atoms with Crippen LogP contribution < -0.4 is 11.1 Å². The fourth-order valence-electron chi connectivity index (χ4n) is 1.70. The second-order valence-corrected chi connectivity index (χ2v) is 5.17. The van der Waals surface area contributed by atoms with Gasteiger partial charge in [0.05, 0.1) is 12.8 Å². The summed E-state index contributed by atoms with van der Waals surface area (Å²) in [7, 11) is 0. The van der Waals surface area contributed by atoms with Crippen LogP contribution in [0.15, 0.2) is 30.5 Å². The molecule has 2 rings (SSSR count). The maximum absolute atomic E-state index is 13.5. The first kappa shape index (κ1) is 14.2. The third-order valence-corrected chi connectivity index (χ3v) is 3.09. The average Bonchev–Trinajstić information content (AvgIpc) is 2.43. The van der Waals surface area contributed by atoms with Crippen LogP contribution in [-0.4, -0.2) is 21.7 Å². The van der Waals surface area contributed by atoms with Gasteiger partial charge in [0.2, 0.25) is 5.95 Å². The number of rotatable bonds is 4. The predicted molar refractivity (Wildman–Crippen MR) is 76.2 cm³/mol. The second-order valence-electron chi connectivity index (χ2n) is 5.17. The standard InChI is InChI=1S/C14H17FN4O/c1-14(2,8-20)9-3-5-10(6-4-9)18-12-11(15)7-17-13(16)19-12/h3-7,20H,8H2,1-2H3,(H3,16,17,18,19). The minimum Gasteiger partial charge on any atom is -0.395 e. The van der Waals surface area contributed by atoms with Crippen molar-refractivity contribution in [3.63, 3.8) is 0 Å². The van der Waals surface area contributed by atoms with Gasteiger partial charge in [-0.15, -0.1) is 0 Å². The van der Waals surface area contributed by atoms with Crippen molar-refractivity contribution in [3.8, 4) is 0 Å². The number of hydrogen-bond acceptors (Lipinski definition) is 5. The van der Waals surface area contributed by atoms with E-state index in [0.29, 0.717) is 5.69 Å². The Morgan fingerprint density at radius 2 is 1.95 bits per heavy atom. The molecule has 20 heavy (non-hydrogen) atoms. The van der Waals surface area contributed by atoms with Crippen LogP contribution in [0.1, 0.15) is 19.4 Å². The number of nitrogens with one attached hydrogen (secondary N) is 1. The topological polar surface area (TPSA) is 84.1 Å². The number of nitrogen functional groups attached to an aromatic ring is 1. The highest BCUT2D eigenvalue weighted by Gasteiger charge is 2.18. The monoisotopic (exact) mass is 276 g/mol. The molecule has 0 atom stereocenters. The number of aliphatic hydroxyl groups excluding tert-OH is 1. The van der Waals surface area contributed by atoms with Crippen LogP contribution >= 0.6 is 0 Å². The number of aromatic nitrogens is 2. The number of benzene rings is 1. The summed E-state index contributed by atoms with van der Waals surface area (Å²) >= 11 is 0. The Morgan fingerprint density at radius 1 is 1.30 bits per heavy atom. The molecule has 1 heterocycles. The van der Waals surface area contributed by atoms with E-state index in [4.69, 9.17) is 5.73 Å². The van der Waals surface area contributed by atoms with Crippen LogP contribution in [0.2, 0.25) is 0 Å². The molecule has 0 aliphatic heterocycles. The van der Waals surface area contributed by atoms with Crippen LogP contribution in [0, 0.1) is 5.82 Å². The highest BCUT2D eigenvalue weighted by atomic mass is 19.1. The van der Waals surface area contributed by atoms with Crippen molar-refractivity contribution in [2.24, 2.45) is 0 Å². The molecule has 0 bridgehead atoms. The predicted octanol–water partition coefficient (Wildman–Crippen LogP) is 2.21. The molecule has 0 saturated carbocycles. The van der Waals surface area contributed by atoms with Gasteiger partial charge in [-0.25, -0.2) is 9.37 Å². The maximum atomic E-state index is 13.5. The first-order chi connectivity index (χ1) is 9.42. The van der Waals surface area contributed by atoms with E-state index in [1.54, 1.807) is 12.1 Å². The lowest BCUT2D eigenvalue weighted by molar-refractivity contribution is 0.218. The number of anilines is 3. The summed E-state index contributed by atoms with van der Waals surface area (Å²) in [5.41, 5.74) is 6.78. The van der Waals surface area contributed by atoms with Crippen molar-refractivity contribution in [3.05, 3.63) is 41.8 Å². The van der Waals surface area contributed by atoms with Gasteiger partial charge in [0, 0.05) is 11.1 Å². The van der Waals surface area contributed by atoms with E-state index in [0.717, 1.165) is 11.8 Å². The summed E-state index contributed by atoms with van der Waals surface area (Å²) in [6.45, 7) is 3.94. The smallest absolute Gasteiger partial charge is 0.222 e. The molecule has 5 nitrogen and oxygen atoms in total. The molecular weight excluding hydrogens is 259 g/mol. The van der Waals surface area contributed by atoms with E-state index in [2.05, 4.69) is 15.3 Å². The van der Waals surface area contributed by atoms with Gasteiger partial charge in [0.15, 0.2) is 11.6 Å². The van der Waals surface area contributed by atoms with Gasteiger partial charge >= 0.3 is 0 Å². The number of nitrogens with zero attached hydrogens (tertiary/aromatic N) is 2. The van der Waals surface area contributed by atoms with Crippen molar-refractivity contribution in [2.45, 2.75) is 19.3 Å². The summed E-state index contributed by atoms with van der Waals surface area (Å²) in [6, 6.07) is 7.34. The third-order valence-electron chi connectivity index (χ3n) is 3.09. The van der Waals surface area contributed by atoms with Crippen LogP contribution in [0.3, 0.4) is 0 Å². The molecule has 0 radical (unpaired) electrons. The molecule has 0 aliphatic rings. The van der Waals surface area contributed by atoms with Gasteiger partial charge < -0.3 is 16.2 Å². The van der Waals surface area contributed by atoms with Gasteiger partial charge in [-0.05, 0) is 17.7 Å². The minimum absolute atomic E-state index is 0.00642. The largest absolute Gasteiger partial charge is 0.395 e. The maximum Gasteiger partial charge on any atom is 0.222 e. The molecule has 4 N–H and O–H groups in total. The summed E-state index contributed by atoms with van der Waals surface area (Å²) in [5.74, 6) is -0.530. The molecule has 106 valence electrons. The van der Waals surface area contributed by atoms with Gasteiger partial charge in [0.25, 0.3) is 0 Å². The Labute approximate surface area is 116 Å². The molecule has 1 aromatic carbocycles. The quantitative estimate of drug-likeness (QED) is 0.797. The molecule has 0 fully saturated rings. The highest BCUT2D eigenvalue weighted by Crippen LogP contribution is 2.25. The molecule has 6 heteroatoms. The number of hydrogen-bond donors (Lipinski definition) is 3. The van der Waals surface area contributed by atoms with Crippen molar-refractivity contribution < 1.29 is 9.50 Å². The third kappa shape index (κ3) is 3.03. The van der Waals surface area contributed by atoms with Gasteiger partial charge in [-0.2, -0.15) is 4.98 Å². The van der Waals surface area contributed by atoms with E-state index >= 15 is 0 Å². The van der Waals surface area contributed by atoms with Crippen molar-refractivity contribution in [1.82, 2.24) is 9.97 Å². The lowest BCUT2D eigenvalue weighted by Gasteiger charge is -2.22. The van der Waals surface area contributed by atoms with E-state index in [1.165, 1.54) is 0 Å². The number of nitrogens with two attached hydrogens (primary N) is 1. The van der Waals surface area contributed by atoms with E-state index in [1.807, 2.05) is 26.0 Å². The Hall–Kier alpha value is -2.21. The fraction of sp³-hybridized carbons (Fsp3) is 0.286. The zero-order chi connectivity index (χ0) is 14.8. The van der Waals surface area contributed by atoms with Gasteiger partial charge in [0.1, 0.15) is 0 Å². The first-order valence-corrected chi connectivity index (χ1v) is 6.19. The summed E-state index contributed by atoms with van der Waals surface area (Å²) in [5, 5.41) is 12.2. The van der Waals surface area contributed by atoms with Crippen LogP contribution in [0.25, 0.3) is 0 Å². The van der Waals surface area contributed by atoms with Crippen LogP contribution in [0.4, 0.5) is 21.8 Å². The van der Waals surface area contributed by atoms with Crippen molar-refractivity contribution in [1.29, 1.82) is 0 Å². The summed E-state index contributed by atoms with van der Waals surface area (Å²) < 4.78 is 13.5. The number of halogens is 1. The molecule has 0 amide bonds. The van der Waals surface area contributed by atoms with Gasteiger partial charge in [-0.3, -0.25) is 0 Å². The molecule has 1 aromatic heterocycles. The lowest BCUT2D eigenvalue weighted by Crippen LogP contribution is -2.21. The average molecular weight is 276 g/mol. The normalized spacial score (nSPS) is 11.4. The SMILES string of the molecule is CC(C)(CO)c1ccc(Nc2nc(N)ncc2F)cc1. The lowest BCUT2D eigenvalue weighted by atomic mass is 9.85. The highest BCUT2D eigenvalue weighted by molar-refractivity contribution is 5.57. The molecule has 0 aliphatic carbocycles. The minimum atomic E-state index is -0.570. The van der Waals surface area contributed by atoms with Gasteiger partial charge in [-0.1, -0.05) is 26.0 Å². The summed E-state index contributed by atoms with van der Waals surface area (Å²) in [6.07, 6.45) is 1.02. The van der Waals surface area contributed by atoms with E-state index in [9.17, 15) is 9.50 Å². The second kappa shape index (κ2) is 5.42. The molecular formula is C14H17FN4O. The van der Waals surface area contributed by atoms with Crippen molar-refractivity contribution in [2.75, 3.05) is 17.7 Å². The zero-order valence-electron chi connectivity index (χ0n) is 11.4. The van der Waals surface area contributed by atoms with Crippen LogP contribution in [0.5, 0.6) is 0 Å². The fourth-order valence-corrected chi connectivity index (χ4v) is 1.70. The Kier molecular flexibility index (Phi) is 3.85. The number of aliphatic hydroxyl groups is 1. The molecule has 0 spiro atoms. The summed E-state index contributed by atoms with van der Waals surface area (Å²) in [4.78, 5) is 7.36. The first-order valence-electron chi connectivity index (χ1n) is 6.19. The van der Waals surface area contributed by atoms with E-state index in [-0.39, 0.29) is 23.8 Å². The Bertz CT molecular complexity index is 599. The molecule has 0 unspecified atom stereocenters. The Balaban J connectivity index is 2.21. The molecule has 0 saturated heterocycles. The van der Waals surface area contributed by atoms with Crippen LogP contribution in [-0.2, 0) is 5.41 Å². The molecule has 2 aromatic rings. The van der Waals surface area contributed by atoms with E-state index < -0.39 is 5.82 Å². The zero-order valence-corrected chi connectivity index (χ0v) is 11.4. The Morgan fingerprint density at radius 3 is 2.55 bits per heavy atom. The van der Waals surface area contributed by atoms with Crippen molar-refractivity contribution >= 4 is 17.5 Å².